The highest BCUT2D eigenvalue weighted by molar-refractivity contribution is 9.10. The Kier molecular flexibility index (Phi) is 7.58. The number of nitrogens with one attached hydrogen (secondary N) is 3. The zero-order valence-corrected chi connectivity index (χ0v) is 16.8. The van der Waals surface area contributed by atoms with Crippen molar-refractivity contribution < 1.29 is 4.79 Å². The zero-order chi connectivity index (χ0) is 18.9. The van der Waals surface area contributed by atoms with Crippen LogP contribution in [0.25, 0.3) is 0 Å². The number of anilines is 1. The maximum Gasteiger partial charge on any atom is 0.243 e. The number of carbonyl (C=O) groups is 1. The summed E-state index contributed by atoms with van der Waals surface area (Å²) >= 11 is 3.41. The fourth-order valence-electron chi connectivity index (χ4n) is 2.34. The molecule has 0 spiro atoms. The number of rotatable bonds is 7. The molecular weight excluding hydrogens is 398 g/mol. The average Bonchev–Trinajstić information content (AvgIpc) is 3.08. The van der Waals surface area contributed by atoms with E-state index >= 15 is 0 Å². The van der Waals surface area contributed by atoms with Crippen molar-refractivity contribution in [3.8, 4) is 0 Å². The molecule has 0 atom stereocenters. The molecule has 9 heteroatoms. The van der Waals surface area contributed by atoms with Gasteiger partial charge in [-0.1, -0.05) is 28.9 Å². The number of aryl methyl sites for hydroxylation is 2. The van der Waals surface area contributed by atoms with Crippen LogP contribution in [0.2, 0.25) is 0 Å². The highest BCUT2D eigenvalue weighted by Crippen LogP contribution is 2.20. The second-order valence-electron chi connectivity index (χ2n) is 5.65. The minimum atomic E-state index is -0.138. The lowest BCUT2D eigenvalue weighted by molar-refractivity contribution is -0.115. The molecule has 0 fully saturated rings. The third-order valence-corrected chi connectivity index (χ3v) is 4.26. The van der Waals surface area contributed by atoms with Crippen molar-refractivity contribution in [2.24, 2.45) is 4.99 Å². The van der Waals surface area contributed by atoms with Crippen molar-refractivity contribution in [3.63, 3.8) is 0 Å². The van der Waals surface area contributed by atoms with E-state index in [1.54, 1.807) is 13.4 Å². The van der Waals surface area contributed by atoms with E-state index in [0.29, 0.717) is 12.5 Å². The quantitative estimate of drug-likeness (QED) is 0.467. The summed E-state index contributed by atoms with van der Waals surface area (Å²) in [6, 6.07) is 5.77. The Balaban J connectivity index is 1.77. The molecule has 0 aliphatic heterocycles. The Labute approximate surface area is 161 Å². The molecule has 0 unspecified atom stereocenters. The molecule has 0 bridgehead atoms. The summed E-state index contributed by atoms with van der Waals surface area (Å²) in [6.07, 6.45) is 2.55. The van der Waals surface area contributed by atoms with E-state index in [2.05, 4.69) is 47.1 Å². The van der Waals surface area contributed by atoms with Crippen molar-refractivity contribution in [1.29, 1.82) is 0 Å². The van der Waals surface area contributed by atoms with Crippen LogP contribution in [0.5, 0.6) is 0 Å². The number of guanidine groups is 1. The SMILES string of the molecule is CCc1nncn1CCNC(=NC)NCC(=O)Nc1cc(Br)ccc1C. The fourth-order valence-corrected chi connectivity index (χ4v) is 2.70. The zero-order valence-electron chi connectivity index (χ0n) is 15.2. The molecular formula is C17H24BrN7O. The van der Waals surface area contributed by atoms with Crippen molar-refractivity contribution in [3.05, 3.63) is 40.4 Å². The van der Waals surface area contributed by atoms with Crippen LogP contribution < -0.4 is 16.0 Å². The van der Waals surface area contributed by atoms with Crippen LogP contribution in [0.3, 0.4) is 0 Å². The molecule has 2 rings (SSSR count). The van der Waals surface area contributed by atoms with E-state index < -0.39 is 0 Å². The summed E-state index contributed by atoms with van der Waals surface area (Å²) in [4.78, 5) is 16.3. The summed E-state index contributed by atoms with van der Waals surface area (Å²) in [5, 5.41) is 17.0. The molecule has 1 heterocycles. The van der Waals surface area contributed by atoms with Crippen LogP contribution in [0.15, 0.2) is 34.0 Å². The molecule has 0 aliphatic rings. The third kappa shape index (κ3) is 5.83. The second-order valence-corrected chi connectivity index (χ2v) is 6.57. The predicted octanol–water partition coefficient (Wildman–Crippen LogP) is 1.72. The number of amides is 1. The number of benzene rings is 1. The second kappa shape index (κ2) is 9.91. The van der Waals surface area contributed by atoms with Gasteiger partial charge in [0, 0.05) is 36.7 Å². The van der Waals surface area contributed by atoms with Gasteiger partial charge in [0.2, 0.25) is 5.91 Å². The van der Waals surface area contributed by atoms with Gasteiger partial charge >= 0.3 is 0 Å². The van der Waals surface area contributed by atoms with Gasteiger partial charge in [0.1, 0.15) is 12.2 Å². The van der Waals surface area contributed by atoms with Crippen molar-refractivity contribution >= 4 is 33.5 Å². The Morgan fingerprint density at radius 3 is 2.88 bits per heavy atom. The first-order valence-corrected chi connectivity index (χ1v) is 9.20. The topological polar surface area (TPSA) is 96.2 Å². The summed E-state index contributed by atoms with van der Waals surface area (Å²) in [6.45, 7) is 5.49. The molecule has 0 radical (unpaired) electrons. The van der Waals surface area contributed by atoms with Crippen LogP contribution in [0.1, 0.15) is 18.3 Å². The Bertz CT molecular complexity index is 772. The normalized spacial score (nSPS) is 11.3. The lowest BCUT2D eigenvalue weighted by Gasteiger charge is -2.13. The van der Waals surface area contributed by atoms with Gasteiger partial charge < -0.3 is 20.5 Å². The minimum Gasteiger partial charge on any atom is -0.355 e. The number of nitrogens with zero attached hydrogens (tertiary/aromatic N) is 4. The van der Waals surface area contributed by atoms with Crippen LogP contribution >= 0.6 is 15.9 Å². The van der Waals surface area contributed by atoms with Crippen LogP contribution in [-0.4, -0.2) is 46.8 Å². The molecule has 1 amide bonds. The van der Waals surface area contributed by atoms with Gasteiger partial charge in [0.05, 0.1) is 6.54 Å². The molecule has 0 saturated heterocycles. The highest BCUT2D eigenvalue weighted by Gasteiger charge is 2.07. The molecule has 1 aromatic heterocycles. The molecule has 8 nitrogen and oxygen atoms in total. The molecule has 0 aliphatic carbocycles. The maximum atomic E-state index is 12.1. The van der Waals surface area contributed by atoms with Gasteiger partial charge in [-0.05, 0) is 24.6 Å². The largest absolute Gasteiger partial charge is 0.355 e. The van der Waals surface area contributed by atoms with Gasteiger partial charge in [-0.3, -0.25) is 9.79 Å². The summed E-state index contributed by atoms with van der Waals surface area (Å²) < 4.78 is 2.91. The van der Waals surface area contributed by atoms with E-state index in [1.807, 2.05) is 36.6 Å². The highest BCUT2D eigenvalue weighted by atomic mass is 79.9. The van der Waals surface area contributed by atoms with Gasteiger partial charge in [0.15, 0.2) is 5.96 Å². The Morgan fingerprint density at radius 2 is 2.15 bits per heavy atom. The van der Waals surface area contributed by atoms with E-state index in [-0.39, 0.29) is 12.5 Å². The lowest BCUT2D eigenvalue weighted by Crippen LogP contribution is -2.42. The maximum absolute atomic E-state index is 12.1. The molecule has 3 N–H and O–H groups in total. The number of hydrogen-bond donors (Lipinski definition) is 3. The first kappa shape index (κ1) is 19.9. The van der Waals surface area contributed by atoms with Gasteiger partial charge in [-0.2, -0.15) is 0 Å². The van der Waals surface area contributed by atoms with Crippen LogP contribution in [0.4, 0.5) is 5.69 Å². The average molecular weight is 422 g/mol. The Hall–Kier alpha value is -2.42. The number of hydrogen-bond acceptors (Lipinski definition) is 4. The summed E-state index contributed by atoms with van der Waals surface area (Å²) in [5.41, 5.74) is 1.79. The molecule has 0 saturated carbocycles. The van der Waals surface area contributed by atoms with Crippen molar-refractivity contribution in [2.75, 3.05) is 25.5 Å². The van der Waals surface area contributed by atoms with E-state index in [9.17, 15) is 4.79 Å². The predicted molar refractivity (Wildman–Crippen MR) is 106 cm³/mol. The number of aliphatic imine (C=N–C) groups is 1. The molecule has 140 valence electrons. The molecule has 26 heavy (non-hydrogen) atoms. The summed E-state index contributed by atoms with van der Waals surface area (Å²) in [5.74, 6) is 1.37. The first-order chi connectivity index (χ1) is 12.5. The monoisotopic (exact) mass is 421 g/mol. The van der Waals surface area contributed by atoms with Crippen molar-refractivity contribution in [1.82, 2.24) is 25.4 Å². The van der Waals surface area contributed by atoms with E-state index in [0.717, 1.165) is 34.5 Å². The number of aromatic nitrogens is 3. The number of carbonyl (C=O) groups excluding carboxylic acids is 1. The van der Waals surface area contributed by atoms with Crippen LogP contribution in [0, 0.1) is 6.92 Å². The minimum absolute atomic E-state index is 0.123. The van der Waals surface area contributed by atoms with E-state index in [1.165, 1.54) is 0 Å². The van der Waals surface area contributed by atoms with Crippen molar-refractivity contribution in [2.45, 2.75) is 26.8 Å². The first-order valence-electron chi connectivity index (χ1n) is 8.40. The Morgan fingerprint density at radius 1 is 1.35 bits per heavy atom. The molecule has 1 aromatic carbocycles. The van der Waals surface area contributed by atoms with Crippen LogP contribution in [-0.2, 0) is 17.8 Å². The van der Waals surface area contributed by atoms with Gasteiger partial charge in [-0.15, -0.1) is 10.2 Å². The summed E-state index contributed by atoms with van der Waals surface area (Å²) in [7, 11) is 1.67. The smallest absolute Gasteiger partial charge is 0.243 e. The van der Waals surface area contributed by atoms with Gasteiger partial charge in [-0.25, -0.2) is 0 Å². The van der Waals surface area contributed by atoms with E-state index in [4.69, 9.17) is 0 Å². The molecule has 2 aromatic rings. The third-order valence-electron chi connectivity index (χ3n) is 3.77. The fraction of sp³-hybridized carbons (Fsp3) is 0.412. The standard InChI is InChI=1S/C17H24BrN7O/c1-4-15-24-22-11-25(15)8-7-20-17(19-3)21-10-16(26)23-14-9-13(18)6-5-12(14)2/h5-6,9,11H,4,7-8,10H2,1-3H3,(H,23,26)(H2,19,20,21). The lowest BCUT2D eigenvalue weighted by atomic mass is 10.2. The van der Waals surface area contributed by atoms with Gasteiger partial charge in [0.25, 0.3) is 0 Å². The number of halogens is 1.